The van der Waals surface area contributed by atoms with Crippen molar-refractivity contribution >= 4 is 27.8 Å². The van der Waals surface area contributed by atoms with Gasteiger partial charge in [0, 0.05) is 6.42 Å². The van der Waals surface area contributed by atoms with Gasteiger partial charge in [-0.2, -0.15) is 0 Å². The highest BCUT2D eigenvalue weighted by atomic mass is 79.9. The van der Waals surface area contributed by atoms with E-state index in [1.165, 1.54) is 0 Å². The largest absolute Gasteiger partial charge is 0.477 e. The maximum atomic E-state index is 13.0. The van der Waals surface area contributed by atoms with E-state index in [9.17, 15) is 14.0 Å². The molecular formula is C27H34BrFN2O5. The van der Waals surface area contributed by atoms with E-state index in [4.69, 9.17) is 14.2 Å². The first-order valence-electron chi connectivity index (χ1n) is 12.4. The van der Waals surface area contributed by atoms with Crippen LogP contribution in [0.4, 0.5) is 4.39 Å². The van der Waals surface area contributed by atoms with Crippen LogP contribution in [0.25, 0.3) is 0 Å². The summed E-state index contributed by atoms with van der Waals surface area (Å²) in [5, 5.41) is 2.78. The lowest BCUT2D eigenvalue weighted by Crippen LogP contribution is -2.54. The van der Waals surface area contributed by atoms with Crippen LogP contribution in [0.2, 0.25) is 0 Å². The quantitative estimate of drug-likeness (QED) is 0.234. The lowest BCUT2D eigenvalue weighted by molar-refractivity contribution is -0.152. The number of pyridine rings is 1. The third kappa shape index (κ3) is 7.74. The number of hydrogen-bond acceptors (Lipinski definition) is 6. The molecule has 0 aliphatic heterocycles. The smallest absolute Gasteiger partial charge is 0.331 e. The third-order valence-electron chi connectivity index (χ3n) is 6.45. The van der Waals surface area contributed by atoms with Crippen molar-refractivity contribution in [1.29, 1.82) is 0 Å². The summed E-state index contributed by atoms with van der Waals surface area (Å²) in [6.07, 6.45) is 1.81. The molecule has 9 heteroatoms. The molecule has 1 fully saturated rings. The first-order chi connectivity index (χ1) is 17.4. The normalized spacial score (nSPS) is 16.9. The second-order valence-electron chi connectivity index (χ2n) is 8.97. The Morgan fingerprint density at radius 2 is 1.83 bits per heavy atom. The van der Waals surface area contributed by atoms with E-state index in [1.807, 2.05) is 30.3 Å². The number of alkyl halides is 1. The monoisotopic (exact) mass is 564 g/mol. The minimum absolute atomic E-state index is 0.0269. The molecule has 0 radical (unpaired) electrons. The first kappa shape index (κ1) is 28.1. The minimum Gasteiger partial charge on any atom is -0.477 e. The number of hydrogen-bond donors (Lipinski definition) is 1. The van der Waals surface area contributed by atoms with E-state index in [0.29, 0.717) is 54.9 Å². The van der Waals surface area contributed by atoms with Crippen molar-refractivity contribution in [2.45, 2.75) is 51.7 Å². The van der Waals surface area contributed by atoms with Gasteiger partial charge in [-0.15, -0.1) is 0 Å². The standard InChI is InChI=1S/C27H34BrFN2O5/c1-3-27(4-2,26(33)35-14-8-13-29)31-24(32)23-12-11-22(28)25(30-23)36-18-21-15-20(21)17-34-16-19-9-6-5-7-10-19/h5-7,9-12,20-21H,3-4,8,13-18H2,1-2H3,(H,31,32)/t20-,21-/m1/s1. The highest BCUT2D eigenvalue weighted by molar-refractivity contribution is 9.10. The van der Waals surface area contributed by atoms with Gasteiger partial charge in [0.05, 0.1) is 37.6 Å². The molecule has 1 saturated carbocycles. The van der Waals surface area contributed by atoms with Gasteiger partial charge in [-0.3, -0.25) is 9.18 Å². The Morgan fingerprint density at radius 3 is 2.53 bits per heavy atom. The zero-order valence-corrected chi connectivity index (χ0v) is 22.4. The number of carbonyl (C=O) groups excluding carboxylic acids is 2. The fraction of sp³-hybridized carbons (Fsp3) is 0.519. The molecule has 0 spiro atoms. The molecular weight excluding hydrogens is 531 g/mol. The summed E-state index contributed by atoms with van der Waals surface area (Å²) in [5.41, 5.74) is 0.0800. The van der Waals surface area contributed by atoms with Crippen molar-refractivity contribution in [3.05, 3.63) is 58.2 Å². The molecule has 3 rings (SSSR count). The van der Waals surface area contributed by atoms with Crippen LogP contribution in [0.5, 0.6) is 5.88 Å². The molecule has 1 aromatic heterocycles. The fourth-order valence-electron chi connectivity index (χ4n) is 3.86. The molecule has 1 aliphatic rings. The van der Waals surface area contributed by atoms with Gasteiger partial charge in [0.15, 0.2) is 0 Å². The van der Waals surface area contributed by atoms with Gasteiger partial charge < -0.3 is 19.5 Å². The number of nitrogens with one attached hydrogen (secondary N) is 1. The van der Waals surface area contributed by atoms with Gasteiger partial charge in [0.1, 0.15) is 11.2 Å². The summed E-state index contributed by atoms with van der Waals surface area (Å²) in [4.78, 5) is 30.0. The van der Waals surface area contributed by atoms with E-state index in [0.717, 1.165) is 12.0 Å². The predicted molar refractivity (Wildman–Crippen MR) is 137 cm³/mol. The highest BCUT2D eigenvalue weighted by Gasteiger charge is 2.39. The van der Waals surface area contributed by atoms with Crippen LogP contribution in [-0.4, -0.2) is 48.9 Å². The Morgan fingerprint density at radius 1 is 1.11 bits per heavy atom. The summed E-state index contributed by atoms with van der Waals surface area (Å²) in [7, 11) is 0. The highest BCUT2D eigenvalue weighted by Crippen LogP contribution is 2.39. The molecule has 1 aromatic carbocycles. The number of carbonyl (C=O) groups is 2. The average Bonchev–Trinajstić information content (AvgIpc) is 3.65. The van der Waals surface area contributed by atoms with E-state index >= 15 is 0 Å². The molecule has 0 saturated heterocycles. The SMILES string of the molecule is CCC(CC)(NC(=O)c1ccc(Br)c(OC[C@H]2C[C@@H]2COCc2ccccc2)n1)C(=O)OCCCF. The molecule has 2 atom stereocenters. The summed E-state index contributed by atoms with van der Waals surface area (Å²) >= 11 is 3.43. The van der Waals surface area contributed by atoms with E-state index in [-0.39, 0.29) is 18.7 Å². The molecule has 1 heterocycles. The zero-order chi connectivity index (χ0) is 26.0. The van der Waals surface area contributed by atoms with Crippen molar-refractivity contribution in [3.8, 4) is 5.88 Å². The van der Waals surface area contributed by atoms with Gasteiger partial charge in [0.2, 0.25) is 5.88 Å². The Kier molecular flexibility index (Phi) is 10.7. The van der Waals surface area contributed by atoms with Gasteiger partial charge >= 0.3 is 5.97 Å². The molecule has 196 valence electrons. The van der Waals surface area contributed by atoms with E-state index in [2.05, 4.69) is 26.2 Å². The van der Waals surface area contributed by atoms with Crippen molar-refractivity contribution < 1.29 is 28.2 Å². The van der Waals surface area contributed by atoms with Crippen LogP contribution in [0, 0.1) is 11.8 Å². The molecule has 0 bridgehead atoms. The van der Waals surface area contributed by atoms with Crippen LogP contribution in [0.15, 0.2) is 46.9 Å². The van der Waals surface area contributed by atoms with Gasteiger partial charge in [-0.1, -0.05) is 44.2 Å². The molecule has 36 heavy (non-hydrogen) atoms. The van der Waals surface area contributed by atoms with Crippen molar-refractivity contribution in [2.24, 2.45) is 11.8 Å². The van der Waals surface area contributed by atoms with Crippen LogP contribution < -0.4 is 10.1 Å². The zero-order valence-electron chi connectivity index (χ0n) is 20.8. The fourth-order valence-corrected chi connectivity index (χ4v) is 4.20. The van der Waals surface area contributed by atoms with Crippen LogP contribution in [-0.2, 0) is 20.9 Å². The number of amides is 1. The number of nitrogens with zero attached hydrogens (tertiary/aromatic N) is 1. The second-order valence-corrected chi connectivity index (χ2v) is 9.83. The third-order valence-corrected chi connectivity index (χ3v) is 7.06. The average molecular weight is 565 g/mol. The van der Waals surface area contributed by atoms with Gasteiger partial charge in [-0.25, -0.2) is 9.78 Å². The second kappa shape index (κ2) is 13.7. The van der Waals surface area contributed by atoms with Crippen molar-refractivity contribution in [3.63, 3.8) is 0 Å². The Balaban J connectivity index is 1.52. The van der Waals surface area contributed by atoms with Crippen LogP contribution >= 0.6 is 15.9 Å². The number of halogens is 2. The molecule has 7 nitrogen and oxygen atoms in total. The van der Waals surface area contributed by atoms with Crippen molar-refractivity contribution in [2.75, 3.05) is 26.5 Å². The number of ether oxygens (including phenoxy) is 3. The number of benzene rings is 1. The Labute approximate surface area is 220 Å². The lowest BCUT2D eigenvalue weighted by atomic mass is 9.92. The van der Waals surface area contributed by atoms with E-state index in [1.54, 1.807) is 26.0 Å². The lowest BCUT2D eigenvalue weighted by Gasteiger charge is -2.30. The maximum absolute atomic E-state index is 13.0. The first-order valence-corrected chi connectivity index (χ1v) is 13.2. The predicted octanol–water partition coefficient (Wildman–Crippen LogP) is 5.27. The summed E-state index contributed by atoms with van der Waals surface area (Å²) in [6, 6.07) is 13.3. The summed E-state index contributed by atoms with van der Waals surface area (Å²) < 4.78 is 29.9. The molecule has 1 amide bonds. The molecule has 1 aliphatic carbocycles. The minimum atomic E-state index is -1.20. The number of esters is 1. The topological polar surface area (TPSA) is 86.8 Å². The maximum Gasteiger partial charge on any atom is 0.331 e. The Bertz CT molecular complexity index is 1000. The molecule has 1 N–H and O–H groups in total. The number of aromatic nitrogens is 1. The van der Waals surface area contributed by atoms with E-state index < -0.39 is 24.1 Å². The summed E-state index contributed by atoms with van der Waals surface area (Å²) in [5.74, 6) is 0.0628. The molecule has 2 aromatic rings. The number of rotatable bonds is 15. The Hall–Kier alpha value is -2.52. The van der Waals surface area contributed by atoms with Gasteiger partial charge in [-0.05, 0) is 64.7 Å². The van der Waals surface area contributed by atoms with Crippen LogP contribution in [0.3, 0.4) is 0 Å². The van der Waals surface area contributed by atoms with Crippen molar-refractivity contribution in [1.82, 2.24) is 10.3 Å². The van der Waals surface area contributed by atoms with Crippen LogP contribution in [0.1, 0.15) is 55.6 Å². The molecule has 0 unspecified atom stereocenters. The summed E-state index contributed by atoms with van der Waals surface area (Å²) in [6.45, 7) is 4.73. The van der Waals surface area contributed by atoms with Gasteiger partial charge in [0.25, 0.3) is 5.91 Å².